The number of hydrogen-bond donors (Lipinski definition) is 0. The lowest BCUT2D eigenvalue weighted by molar-refractivity contribution is 0.494. The minimum absolute atomic E-state index is 0.117. The van der Waals surface area contributed by atoms with Crippen molar-refractivity contribution in [1.82, 2.24) is 0 Å². The maximum absolute atomic E-state index is 12.9. The van der Waals surface area contributed by atoms with Crippen LogP contribution in [0.5, 0.6) is 0 Å². The summed E-state index contributed by atoms with van der Waals surface area (Å²) in [4.78, 5) is 0. The van der Waals surface area contributed by atoms with Gasteiger partial charge in [0.15, 0.2) is 0 Å². The SMILES string of the molecule is Fc1cc2occc2cc1[B-](F)(F)F. The largest absolute Gasteiger partial charge is 0.512 e. The Hall–Kier alpha value is -1.46. The zero-order valence-electron chi connectivity index (χ0n) is 6.81. The molecular formula is C8H4BF4O-. The van der Waals surface area contributed by atoms with E-state index in [-0.39, 0.29) is 11.0 Å². The van der Waals surface area contributed by atoms with Crippen LogP contribution in [-0.2, 0) is 0 Å². The van der Waals surface area contributed by atoms with Crippen LogP contribution in [0.2, 0.25) is 0 Å². The maximum Gasteiger partial charge on any atom is 0.512 e. The fraction of sp³-hybridized carbons (Fsp3) is 0. The zero-order valence-corrected chi connectivity index (χ0v) is 6.81. The van der Waals surface area contributed by atoms with Crippen LogP contribution >= 0.6 is 0 Å². The first kappa shape index (κ1) is 9.11. The molecule has 0 saturated heterocycles. The van der Waals surface area contributed by atoms with Gasteiger partial charge in [0.05, 0.1) is 12.1 Å². The van der Waals surface area contributed by atoms with Crippen molar-refractivity contribution in [3.63, 3.8) is 0 Å². The van der Waals surface area contributed by atoms with Crippen LogP contribution in [-0.4, -0.2) is 6.98 Å². The third-order valence-electron chi connectivity index (χ3n) is 1.92. The van der Waals surface area contributed by atoms with Gasteiger partial charge in [-0.1, -0.05) is 11.5 Å². The van der Waals surface area contributed by atoms with Crippen LogP contribution in [0.25, 0.3) is 11.0 Å². The van der Waals surface area contributed by atoms with E-state index in [1.807, 2.05) is 0 Å². The molecule has 0 unspecified atom stereocenters. The first-order valence-electron chi connectivity index (χ1n) is 3.85. The summed E-state index contributed by atoms with van der Waals surface area (Å²) in [5.41, 5.74) is -1.09. The Labute approximate surface area is 76.4 Å². The Balaban J connectivity index is 2.71. The monoisotopic (exact) mass is 203 g/mol. The molecular weight excluding hydrogens is 199 g/mol. The lowest BCUT2D eigenvalue weighted by Crippen LogP contribution is -2.36. The van der Waals surface area contributed by atoms with Crippen LogP contribution in [0, 0.1) is 5.82 Å². The van der Waals surface area contributed by atoms with E-state index in [4.69, 9.17) is 4.42 Å². The molecule has 0 amide bonds. The lowest BCUT2D eigenvalue weighted by Gasteiger charge is -2.15. The average Bonchev–Trinajstić information content (AvgIpc) is 2.47. The topological polar surface area (TPSA) is 13.1 Å². The predicted molar refractivity (Wildman–Crippen MR) is 44.9 cm³/mol. The van der Waals surface area contributed by atoms with E-state index in [9.17, 15) is 17.3 Å². The molecule has 1 heterocycles. The third-order valence-corrected chi connectivity index (χ3v) is 1.92. The quantitative estimate of drug-likeness (QED) is 0.512. The summed E-state index contributed by atoms with van der Waals surface area (Å²) < 4.78 is 54.5. The molecule has 0 aliphatic heterocycles. The normalized spacial score (nSPS) is 12.3. The molecule has 0 fully saturated rings. The fourth-order valence-corrected chi connectivity index (χ4v) is 1.25. The number of benzene rings is 1. The minimum atomic E-state index is -5.31. The summed E-state index contributed by atoms with van der Waals surface area (Å²) >= 11 is 0. The van der Waals surface area contributed by atoms with E-state index in [0.29, 0.717) is 0 Å². The van der Waals surface area contributed by atoms with Gasteiger partial charge >= 0.3 is 6.98 Å². The summed E-state index contributed by atoms with van der Waals surface area (Å²) in [6.45, 7) is -5.31. The van der Waals surface area contributed by atoms with Crippen molar-refractivity contribution in [2.24, 2.45) is 0 Å². The molecule has 1 aromatic carbocycles. The second-order valence-electron chi connectivity index (χ2n) is 2.91. The molecule has 0 N–H and O–H groups in total. The van der Waals surface area contributed by atoms with Gasteiger partial charge in [-0.3, -0.25) is 0 Å². The van der Waals surface area contributed by atoms with Crippen molar-refractivity contribution in [2.75, 3.05) is 0 Å². The molecule has 0 aliphatic carbocycles. The van der Waals surface area contributed by atoms with Gasteiger partial charge in [-0.05, 0) is 6.07 Å². The zero-order chi connectivity index (χ0) is 10.3. The Morgan fingerprint density at radius 2 is 1.86 bits per heavy atom. The van der Waals surface area contributed by atoms with Crippen LogP contribution in [0.4, 0.5) is 17.3 Å². The lowest BCUT2D eigenvalue weighted by atomic mass is 9.79. The Morgan fingerprint density at radius 1 is 1.14 bits per heavy atom. The van der Waals surface area contributed by atoms with Crippen LogP contribution in [0.1, 0.15) is 0 Å². The molecule has 0 atom stereocenters. The van der Waals surface area contributed by atoms with Crippen molar-refractivity contribution >= 4 is 23.4 Å². The summed E-state index contributed by atoms with van der Waals surface area (Å²) in [7, 11) is 0. The molecule has 0 aliphatic rings. The van der Waals surface area contributed by atoms with Gasteiger partial charge in [0.2, 0.25) is 0 Å². The standard InChI is InChI=1S/C8H4BF4O/c10-7-4-8-5(1-2-14-8)3-6(7)9(11,12)13/h1-4H/q-1. The Bertz CT molecular complexity index is 474. The molecule has 0 bridgehead atoms. The van der Waals surface area contributed by atoms with Crippen LogP contribution < -0.4 is 5.46 Å². The first-order valence-corrected chi connectivity index (χ1v) is 3.85. The molecule has 0 saturated carbocycles. The van der Waals surface area contributed by atoms with Crippen molar-refractivity contribution < 1.29 is 21.8 Å². The van der Waals surface area contributed by atoms with Gasteiger partial charge in [-0.25, -0.2) is 4.39 Å². The molecule has 0 spiro atoms. The van der Waals surface area contributed by atoms with Gasteiger partial charge < -0.3 is 17.4 Å². The molecule has 2 aromatic rings. The summed E-state index contributed by atoms with van der Waals surface area (Å²) in [6.07, 6.45) is 1.22. The first-order chi connectivity index (χ1) is 6.48. The van der Waals surface area contributed by atoms with E-state index < -0.39 is 18.3 Å². The van der Waals surface area contributed by atoms with Gasteiger partial charge in [0.25, 0.3) is 0 Å². The maximum atomic E-state index is 12.9. The number of furan rings is 1. The molecule has 74 valence electrons. The summed E-state index contributed by atoms with van der Waals surface area (Å²) in [5.74, 6) is -1.29. The van der Waals surface area contributed by atoms with Gasteiger partial charge in [0, 0.05) is 11.5 Å². The molecule has 2 rings (SSSR count). The number of fused-ring (bicyclic) bond motifs is 1. The smallest absolute Gasteiger partial charge is 0.464 e. The van der Waals surface area contributed by atoms with Gasteiger partial charge in [-0.15, -0.1) is 0 Å². The number of hydrogen-bond acceptors (Lipinski definition) is 1. The predicted octanol–water partition coefficient (Wildman–Crippen LogP) is 2.63. The Kier molecular flexibility index (Phi) is 1.80. The average molecular weight is 203 g/mol. The minimum Gasteiger partial charge on any atom is -0.464 e. The van der Waals surface area contributed by atoms with Crippen LogP contribution in [0.15, 0.2) is 28.9 Å². The van der Waals surface area contributed by atoms with Crippen molar-refractivity contribution in [3.8, 4) is 0 Å². The molecule has 1 nitrogen and oxygen atoms in total. The van der Waals surface area contributed by atoms with E-state index in [0.717, 1.165) is 12.1 Å². The number of rotatable bonds is 1. The van der Waals surface area contributed by atoms with Crippen molar-refractivity contribution in [3.05, 3.63) is 30.3 Å². The van der Waals surface area contributed by atoms with Crippen LogP contribution in [0.3, 0.4) is 0 Å². The second-order valence-corrected chi connectivity index (χ2v) is 2.91. The van der Waals surface area contributed by atoms with E-state index in [2.05, 4.69) is 0 Å². The molecule has 14 heavy (non-hydrogen) atoms. The Morgan fingerprint density at radius 3 is 2.50 bits per heavy atom. The fourth-order valence-electron chi connectivity index (χ4n) is 1.25. The summed E-state index contributed by atoms with van der Waals surface area (Å²) in [6, 6.07) is 2.87. The highest BCUT2D eigenvalue weighted by molar-refractivity contribution is 6.73. The third kappa shape index (κ3) is 1.36. The van der Waals surface area contributed by atoms with E-state index in [1.54, 1.807) is 0 Å². The molecule has 1 aromatic heterocycles. The van der Waals surface area contributed by atoms with E-state index >= 15 is 0 Å². The highest BCUT2D eigenvalue weighted by Gasteiger charge is 2.29. The van der Waals surface area contributed by atoms with E-state index in [1.165, 1.54) is 12.3 Å². The van der Waals surface area contributed by atoms with Crippen molar-refractivity contribution in [2.45, 2.75) is 0 Å². The van der Waals surface area contributed by atoms with Gasteiger partial charge in [-0.2, -0.15) is 0 Å². The van der Waals surface area contributed by atoms with Gasteiger partial charge in [0.1, 0.15) is 5.58 Å². The van der Waals surface area contributed by atoms with Crippen molar-refractivity contribution in [1.29, 1.82) is 0 Å². The summed E-state index contributed by atoms with van der Waals surface area (Å²) in [5, 5.41) is 0.251. The molecule has 0 radical (unpaired) electrons. The second kappa shape index (κ2) is 2.77. The highest BCUT2D eigenvalue weighted by atomic mass is 19.4. The molecule has 6 heteroatoms. The number of halogens is 4. The highest BCUT2D eigenvalue weighted by Crippen LogP contribution is 2.19.